The predicted molar refractivity (Wildman–Crippen MR) is 114 cm³/mol. The average Bonchev–Trinajstić information content (AvgIpc) is 3.30. The van der Waals surface area contributed by atoms with Crippen molar-refractivity contribution in [2.75, 3.05) is 18.4 Å². The fourth-order valence-electron chi connectivity index (χ4n) is 4.53. The molecule has 0 spiro atoms. The molecule has 5 nitrogen and oxygen atoms in total. The Bertz CT molecular complexity index is 1030. The number of amides is 1. The van der Waals surface area contributed by atoms with Crippen molar-refractivity contribution in [2.45, 2.75) is 37.6 Å². The second-order valence-electron chi connectivity index (χ2n) is 8.21. The molecule has 0 aliphatic carbocycles. The SMILES string of the molecule is O=C1Cc2cc3c(C(Cl)CC4CCN(Cc5ccccc5)CC4)noc3cc2N1. The van der Waals surface area contributed by atoms with Gasteiger partial charge >= 0.3 is 0 Å². The van der Waals surface area contributed by atoms with Crippen molar-refractivity contribution in [1.82, 2.24) is 10.1 Å². The number of alkyl halides is 1. The molecule has 5 rings (SSSR count). The molecule has 1 aromatic heterocycles. The van der Waals surface area contributed by atoms with Crippen LogP contribution in [-0.2, 0) is 17.8 Å². The summed E-state index contributed by atoms with van der Waals surface area (Å²) in [5.74, 6) is 0.612. The Balaban J connectivity index is 1.22. The van der Waals surface area contributed by atoms with Gasteiger partial charge in [0.1, 0.15) is 5.69 Å². The summed E-state index contributed by atoms with van der Waals surface area (Å²) in [6, 6.07) is 14.5. The van der Waals surface area contributed by atoms with Gasteiger partial charge in [0, 0.05) is 23.7 Å². The van der Waals surface area contributed by atoms with E-state index in [0.29, 0.717) is 17.9 Å². The summed E-state index contributed by atoms with van der Waals surface area (Å²) >= 11 is 6.79. The van der Waals surface area contributed by atoms with Crippen molar-refractivity contribution in [3.05, 3.63) is 59.3 Å². The topological polar surface area (TPSA) is 58.4 Å². The number of fused-ring (bicyclic) bond motifs is 2. The second kappa shape index (κ2) is 7.81. The third kappa shape index (κ3) is 3.89. The van der Waals surface area contributed by atoms with Gasteiger partial charge in [-0.1, -0.05) is 35.5 Å². The summed E-state index contributed by atoms with van der Waals surface area (Å²) in [4.78, 5) is 14.2. The smallest absolute Gasteiger partial charge is 0.228 e. The standard InChI is InChI=1S/C23H24ClN3O2/c24-19(10-15-6-8-27(9-7-15)14-16-4-2-1-3-5-16)23-18-11-17-12-22(28)25-20(17)13-21(18)29-26-23/h1-5,11,13,15,19H,6-10,12,14H2,(H,25,28). The van der Waals surface area contributed by atoms with Crippen molar-refractivity contribution in [1.29, 1.82) is 0 Å². The minimum atomic E-state index is -0.176. The Morgan fingerprint density at radius 3 is 2.79 bits per heavy atom. The molecule has 0 saturated carbocycles. The van der Waals surface area contributed by atoms with Crippen LogP contribution in [0.1, 0.15) is 41.5 Å². The summed E-state index contributed by atoms with van der Waals surface area (Å²) in [5.41, 5.74) is 4.67. The number of carbonyl (C=O) groups is 1. The number of piperidine rings is 1. The molecule has 6 heteroatoms. The third-order valence-electron chi connectivity index (χ3n) is 6.14. The third-order valence-corrected chi connectivity index (χ3v) is 6.53. The normalized spacial score (nSPS) is 18.7. The van der Waals surface area contributed by atoms with E-state index < -0.39 is 0 Å². The minimum Gasteiger partial charge on any atom is -0.356 e. The van der Waals surface area contributed by atoms with Crippen LogP contribution in [0.25, 0.3) is 11.0 Å². The van der Waals surface area contributed by atoms with Gasteiger partial charge in [-0.3, -0.25) is 9.69 Å². The fraction of sp³-hybridized carbons (Fsp3) is 0.391. The summed E-state index contributed by atoms with van der Waals surface area (Å²) in [6.07, 6.45) is 3.61. The maximum absolute atomic E-state index is 11.6. The number of nitrogens with one attached hydrogen (secondary N) is 1. The number of hydrogen-bond acceptors (Lipinski definition) is 4. The molecule has 3 heterocycles. The van der Waals surface area contributed by atoms with Crippen LogP contribution >= 0.6 is 11.6 Å². The molecular formula is C23H24ClN3O2. The number of rotatable bonds is 5. The van der Waals surface area contributed by atoms with E-state index in [1.54, 1.807) is 0 Å². The van der Waals surface area contributed by atoms with E-state index in [1.807, 2.05) is 12.1 Å². The minimum absolute atomic E-state index is 0.0202. The molecule has 150 valence electrons. The van der Waals surface area contributed by atoms with Crippen molar-refractivity contribution < 1.29 is 9.32 Å². The molecule has 1 amide bonds. The first kappa shape index (κ1) is 18.6. The molecule has 2 aliphatic heterocycles. The lowest BCUT2D eigenvalue weighted by atomic mass is 9.90. The van der Waals surface area contributed by atoms with Crippen molar-refractivity contribution in [3.8, 4) is 0 Å². The van der Waals surface area contributed by atoms with Crippen molar-refractivity contribution in [2.24, 2.45) is 5.92 Å². The van der Waals surface area contributed by atoms with Gasteiger partial charge in [-0.15, -0.1) is 11.6 Å². The van der Waals surface area contributed by atoms with E-state index in [1.165, 1.54) is 5.56 Å². The average molecular weight is 410 g/mol. The van der Waals surface area contributed by atoms with Gasteiger partial charge in [0.05, 0.1) is 11.8 Å². The first-order chi connectivity index (χ1) is 14.2. The van der Waals surface area contributed by atoms with Gasteiger partial charge in [0.2, 0.25) is 5.91 Å². The Labute approximate surface area is 175 Å². The lowest BCUT2D eigenvalue weighted by molar-refractivity contribution is -0.115. The monoisotopic (exact) mass is 409 g/mol. The number of benzene rings is 2. The highest BCUT2D eigenvalue weighted by Gasteiger charge is 2.27. The van der Waals surface area contributed by atoms with E-state index in [2.05, 4.69) is 45.7 Å². The number of carbonyl (C=O) groups excluding carboxylic acids is 1. The van der Waals surface area contributed by atoms with Gasteiger partial charge in [0.15, 0.2) is 5.58 Å². The van der Waals surface area contributed by atoms with Gasteiger partial charge in [-0.05, 0) is 55.5 Å². The van der Waals surface area contributed by atoms with E-state index in [4.69, 9.17) is 16.1 Å². The number of hydrogen-bond donors (Lipinski definition) is 1. The number of likely N-dealkylation sites (tertiary alicyclic amines) is 1. The molecule has 3 aromatic rings. The van der Waals surface area contributed by atoms with Crippen LogP contribution in [0.15, 0.2) is 47.0 Å². The number of halogens is 1. The molecule has 29 heavy (non-hydrogen) atoms. The Morgan fingerprint density at radius 2 is 2.00 bits per heavy atom. The van der Waals surface area contributed by atoms with E-state index in [0.717, 1.165) is 61.2 Å². The summed E-state index contributed by atoms with van der Waals surface area (Å²) in [5, 5.41) is 7.87. The highest BCUT2D eigenvalue weighted by molar-refractivity contribution is 6.21. The summed E-state index contributed by atoms with van der Waals surface area (Å²) in [6.45, 7) is 3.22. The zero-order chi connectivity index (χ0) is 19.8. The molecule has 2 aliphatic rings. The zero-order valence-corrected chi connectivity index (χ0v) is 17.0. The number of anilines is 1. The van der Waals surface area contributed by atoms with Crippen LogP contribution in [0.3, 0.4) is 0 Å². The van der Waals surface area contributed by atoms with Gasteiger partial charge in [-0.2, -0.15) is 0 Å². The summed E-state index contributed by atoms with van der Waals surface area (Å²) < 4.78 is 5.51. The largest absolute Gasteiger partial charge is 0.356 e. The molecule has 1 fully saturated rings. The van der Waals surface area contributed by atoms with Gasteiger partial charge < -0.3 is 9.84 Å². The molecule has 2 aromatic carbocycles. The molecule has 1 N–H and O–H groups in total. The number of nitrogens with zero attached hydrogens (tertiary/aromatic N) is 2. The predicted octanol–water partition coefficient (Wildman–Crippen LogP) is 4.90. The van der Waals surface area contributed by atoms with E-state index >= 15 is 0 Å². The highest BCUT2D eigenvalue weighted by atomic mass is 35.5. The van der Waals surface area contributed by atoms with Crippen LogP contribution in [0.2, 0.25) is 0 Å². The van der Waals surface area contributed by atoms with Crippen molar-refractivity contribution in [3.63, 3.8) is 0 Å². The molecule has 1 unspecified atom stereocenters. The quantitative estimate of drug-likeness (QED) is 0.608. The molecule has 1 saturated heterocycles. The summed E-state index contributed by atoms with van der Waals surface area (Å²) in [7, 11) is 0. The highest BCUT2D eigenvalue weighted by Crippen LogP contribution is 2.38. The lowest BCUT2D eigenvalue weighted by Crippen LogP contribution is -2.33. The van der Waals surface area contributed by atoms with Crippen LogP contribution in [-0.4, -0.2) is 29.1 Å². The Morgan fingerprint density at radius 1 is 1.21 bits per heavy atom. The molecule has 0 radical (unpaired) electrons. The van der Waals surface area contributed by atoms with Crippen LogP contribution in [0.5, 0.6) is 0 Å². The van der Waals surface area contributed by atoms with E-state index in [-0.39, 0.29) is 11.3 Å². The molecule has 0 bridgehead atoms. The zero-order valence-electron chi connectivity index (χ0n) is 16.2. The Hall–Kier alpha value is -2.37. The van der Waals surface area contributed by atoms with Crippen LogP contribution in [0.4, 0.5) is 5.69 Å². The lowest BCUT2D eigenvalue weighted by Gasteiger charge is -2.32. The van der Waals surface area contributed by atoms with Crippen LogP contribution in [0, 0.1) is 5.92 Å². The first-order valence-electron chi connectivity index (χ1n) is 10.3. The molecular weight excluding hydrogens is 386 g/mol. The Kier molecular flexibility index (Phi) is 5.02. The second-order valence-corrected chi connectivity index (χ2v) is 8.73. The van der Waals surface area contributed by atoms with Crippen molar-refractivity contribution >= 4 is 34.2 Å². The fourth-order valence-corrected chi connectivity index (χ4v) is 4.94. The van der Waals surface area contributed by atoms with E-state index in [9.17, 15) is 4.79 Å². The van der Waals surface area contributed by atoms with Crippen LogP contribution < -0.4 is 5.32 Å². The van der Waals surface area contributed by atoms with Gasteiger partial charge in [0.25, 0.3) is 0 Å². The number of aromatic nitrogens is 1. The van der Waals surface area contributed by atoms with Gasteiger partial charge in [-0.25, -0.2) is 0 Å². The maximum Gasteiger partial charge on any atom is 0.228 e. The maximum atomic E-state index is 11.6. The molecule has 1 atom stereocenters. The first-order valence-corrected chi connectivity index (χ1v) is 10.7.